The van der Waals surface area contributed by atoms with Gasteiger partial charge in [-0.05, 0) is 35.6 Å². The zero-order valence-electron chi connectivity index (χ0n) is 15.1. The summed E-state index contributed by atoms with van der Waals surface area (Å²) in [7, 11) is 0. The molecule has 0 unspecified atom stereocenters. The van der Waals surface area contributed by atoms with Crippen LogP contribution < -0.4 is 4.90 Å². The highest BCUT2D eigenvalue weighted by Gasteiger charge is 2.23. The molecular formula is C22H27NO. The molecule has 126 valence electrons. The Hall–Kier alpha value is -2.22. The highest BCUT2D eigenvalue weighted by molar-refractivity contribution is 5.54. The number of benzene rings is 2. The number of ether oxygens (including phenoxy) is 1. The molecule has 3 rings (SSSR count). The van der Waals surface area contributed by atoms with Gasteiger partial charge in [0.05, 0.1) is 11.7 Å². The first-order valence-corrected chi connectivity index (χ1v) is 8.69. The molecule has 1 atom stereocenters. The van der Waals surface area contributed by atoms with E-state index in [0.717, 1.165) is 13.0 Å². The molecule has 1 aliphatic heterocycles. The zero-order valence-corrected chi connectivity index (χ0v) is 15.1. The number of hydrogen-bond acceptors (Lipinski definition) is 2. The van der Waals surface area contributed by atoms with E-state index in [2.05, 4.69) is 87.2 Å². The van der Waals surface area contributed by atoms with E-state index >= 15 is 0 Å². The predicted molar refractivity (Wildman–Crippen MR) is 101 cm³/mol. The Morgan fingerprint density at radius 3 is 2.29 bits per heavy atom. The van der Waals surface area contributed by atoms with E-state index in [0.29, 0.717) is 6.04 Å². The SMILES string of the molecule is C[C@H]1COC=C(Cc2ccc(C(C)(C)C)cc2)N1c1ccccc1. The number of anilines is 1. The maximum absolute atomic E-state index is 5.69. The number of hydrogen-bond donors (Lipinski definition) is 0. The van der Waals surface area contributed by atoms with Crippen LogP contribution in [0.2, 0.25) is 0 Å². The van der Waals surface area contributed by atoms with Crippen LogP contribution in [0.25, 0.3) is 0 Å². The van der Waals surface area contributed by atoms with Crippen LogP contribution >= 0.6 is 0 Å². The molecule has 0 aromatic heterocycles. The van der Waals surface area contributed by atoms with E-state index in [1.54, 1.807) is 0 Å². The second kappa shape index (κ2) is 6.72. The molecule has 0 bridgehead atoms. The van der Waals surface area contributed by atoms with Crippen molar-refractivity contribution in [1.82, 2.24) is 0 Å². The Morgan fingerprint density at radius 1 is 1.00 bits per heavy atom. The van der Waals surface area contributed by atoms with Gasteiger partial charge < -0.3 is 9.64 Å². The van der Waals surface area contributed by atoms with Gasteiger partial charge in [0.25, 0.3) is 0 Å². The van der Waals surface area contributed by atoms with Crippen molar-refractivity contribution in [2.75, 3.05) is 11.5 Å². The summed E-state index contributed by atoms with van der Waals surface area (Å²) in [6, 6.07) is 19.9. The van der Waals surface area contributed by atoms with Gasteiger partial charge in [-0.15, -0.1) is 0 Å². The predicted octanol–water partition coefficient (Wildman–Crippen LogP) is 5.29. The molecule has 0 saturated heterocycles. The van der Waals surface area contributed by atoms with Gasteiger partial charge in [-0.2, -0.15) is 0 Å². The van der Waals surface area contributed by atoms with Gasteiger partial charge in [-0.1, -0.05) is 63.2 Å². The van der Waals surface area contributed by atoms with Gasteiger partial charge >= 0.3 is 0 Å². The Labute approximate surface area is 145 Å². The van der Waals surface area contributed by atoms with Crippen LogP contribution in [0, 0.1) is 0 Å². The molecule has 1 heterocycles. The summed E-state index contributed by atoms with van der Waals surface area (Å²) in [6.07, 6.45) is 2.80. The van der Waals surface area contributed by atoms with Crippen LogP contribution in [0.4, 0.5) is 5.69 Å². The van der Waals surface area contributed by atoms with E-state index in [1.165, 1.54) is 22.5 Å². The van der Waals surface area contributed by atoms with Gasteiger partial charge in [0.1, 0.15) is 12.9 Å². The van der Waals surface area contributed by atoms with E-state index in [1.807, 2.05) is 6.26 Å². The quantitative estimate of drug-likeness (QED) is 0.761. The topological polar surface area (TPSA) is 12.5 Å². The molecule has 2 aromatic carbocycles. The molecule has 24 heavy (non-hydrogen) atoms. The largest absolute Gasteiger partial charge is 0.497 e. The van der Waals surface area contributed by atoms with E-state index in [-0.39, 0.29) is 5.41 Å². The summed E-state index contributed by atoms with van der Waals surface area (Å²) in [4.78, 5) is 2.39. The first kappa shape index (κ1) is 16.6. The summed E-state index contributed by atoms with van der Waals surface area (Å²) >= 11 is 0. The van der Waals surface area contributed by atoms with Crippen molar-refractivity contribution in [3.8, 4) is 0 Å². The molecule has 0 fully saturated rings. The van der Waals surface area contributed by atoms with Gasteiger partial charge in [0.2, 0.25) is 0 Å². The summed E-state index contributed by atoms with van der Waals surface area (Å²) in [5.41, 5.74) is 5.31. The average molecular weight is 321 g/mol. The van der Waals surface area contributed by atoms with Crippen LogP contribution in [0.1, 0.15) is 38.8 Å². The van der Waals surface area contributed by atoms with Crippen molar-refractivity contribution < 1.29 is 4.74 Å². The molecule has 0 N–H and O–H groups in total. The lowest BCUT2D eigenvalue weighted by Gasteiger charge is -2.36. The molecular weight excluding hydrogens is 294 g/mol. The Bertz CT molecular complexity index is 695. The lowest BCUT2D eigenvalue weighted by molar-refractivity contribution is 0.209. The van der Waals surface area contributed by atoms with E-state index in [4.69, 9.17) is 4.74 Å². The molecule has 0 saturated carbocycles. The van der Waals surface area contributed by atoms with Crippen LogP contribution in [-0.2, 0) is 16.6 Å². The second-order valence-corrected chi connectivity index (χ2v) is 7.62. The van der Waals surface area contributed by atoms with Crippen molar-refractivity contribution in [2.24, 2.45) is 0 Å². The highest BCUT2D eigenvalue weighted by Crippen LogP contribution is 2.28. The number of allylic oxidation sites excluding steroid dienone is 1. The molecule has 2 aromatic rings. The fraction of sp³-hybridized carbons (Fsp3) is 0.364. The van der Waals surface area contributed by atoms with Crippen molar-refractivity contribution in [3.05, 3.63) is 77.7 Å². The normalized spacial score (nSPS) is 18.1. The van der Waals surface area contributed by atoms with Crippen molar-refractivity contribution in [2.45, 2.75) is 45.6 Å². The van der Waals surface area contributed by atoms with E-state index < -0.39 is 0 Å². The molecule has 2 nitrogen and oxygen atoms in total. The van der Waals surface area contributed by atoms with Crippen LogP contribution in [0.3, 0.4) is 0 Å². The number of para-hydroxylation sites is 1. The Balaban J connectivity index is 1.83. The smallest absolute Gasteiger partial charge is 0.108 e. The van der Waals surface area contributed by atoms with Crippen LogP contribution in [0.5, 0.6) is 0 Å². The van der Waals surface area contributed by atoms with E-state index in [9.17, 15) is 0 Å². The Morgan fingerprint density at radius 2 is 1.67 bits per heavy atom. The summed E-state index contributed by atoms with van der Waals surface area (Å²) in [5.74, 6) is 0. The van der Waals surface area contributed by atoms with Gasteiger partial charge in [-0.25, -0.2) is 0 Å². The molecule has 0 spiro atoms. The van der Waals surface area contributed by atoms with Crippen molar-refractivity contribution in [1.29, 1.82) is 0 Å². The third-order valence-electron chi connectivity index (χ3n) is 4.55. The highest BCUT2D eigenvalue weighted by atomic mass is 16.5. The number of nitrogens with zero attached hydrogens (tertiary/aromatic N) is 1. The minimum absolute atomic E-state index is 0.191. The monoisotopic (exact) mass is 321 g/mol. The first-order valence-electron chi connectivity index (χ1n) is 8.69. The number of rotatable bonds is 3. The second-order valence-electron chi connectivity index (χ2n) is 7.62. The van der Waals surface area contributed by atoms with Gasteiger partial charge in [0.15, 0.2) is 0 Å². The average Bonchev–Trinajstić information content (AvgIpc) is 2.55. The standard InChI is InChI=1S/C22H27NO/c1-17-15-24-16-21(23(17)20-8-6-5-7-9-20)14-18-10-12-19(13-11-18)22(2,3)4/h5-13,16-17H,14-15H2,1-4H3/t17-/m0/s1. The molecule has 2 heteroatoms. The molecule has 0 aliphatic carbocycles. The summed E-state index contributed by atoms with van der Waals surface area (Å²) in [5, 5.41) is 0. The third kappa shape index (κ3) is 3.64. The van der Waals surface area contributed by atoms with Crippen molar-refractivity contribution >= 4 is 5.69 Å². The fourth-order valence-electron chi connectivity index (χ4n) is 3.17. The lowest BCUT2D eigenvalue weighted by atomic mass is 9.86. The fourth-order valence-corrected chi connectivity index (χ4v) is 3.17. The zero-order chi connectivity index (χ0) is 17.2. The van der Waals surface area contributed by atoms with Crippen LogP contribution in [0.15, 0.2) is 66.6 Å². The minimum atomic E-state index is 0.191. The first-order chi connectivity index (χ1) is 11.4. The Kier molecular flexibility index (Phi) is 4.66. The van der Waals surface area contributed by atoms with Crippen molar-refractivity contribution in [3.63, 3.8) is 0 Å². The minimum Gasteiger partial charge on any atom is -0.497 e. The lowest BCUT2D eigenvalue weighted by Crippen LogP contribution is -2.39. The summed E-state index contributed by atoms with van der Waals surface area (Å²) in [6.45, 7) is 9.68. The molecule has 0 radical (unpaired) electrons. The molecule has 1 aliphatic rings. The molecule has 0 amide bonds. The van der Waals surface area contributed by atoms with Gasteiger partial charge in [-0.3, -0.25) is 0 Å². The van der Waals surface area contributed by atoms with Crippen LogP contribution in [-0.4, -0.2) is 12.6 Å². The maximum atomic E-state index is 5.69. The maximum Gasteiger partial charge on any atom is 0.108 e. The van der Waals surface area contributed by atoms with Gasteiger partial charge in [0, 0.05) is 12.1 Å². The summed E-state index contributed by atoms with van der Waals surface area (Å²) < 4.78 is 5.69. The third-order valence-corrected chi connectivity index (χ3v) is 4.55.